The van der Waals surface area contributed by atoms with E-state index in [2.05, 4.69) is 6.92 Å². The molecule has 0 radical (unpaired) electrons. The maximum absolute atomic E-state index is 12.6. The summed E-state index contributed by atoms with van der Waals surface area (Å²) in [7, 11) is -3.65. The number of sulfonamides is 1. The van der Waals surface area contributed by atoms with Crippen molar-refractivity contribution in [1.82, 2.24) is 4.31 Å². The molecule has 116 valence electrons. The molecule has 21 heavy (non-hydrogen) atoms. The Hall–Kier alpha value is -1.51. The molecule has 1 fully saturated rings. The van der Waals surface area contributed by atoms with Crippen LogP contribution in [0.15, 0.2) is 23.1 Å². The van der Waals surface area contributed by atoms with E-state index in [9.17, 15) is 18.5 Å². The zero-order chi connectivity index (χ0) is 15.6. The Bertz CT molecular complexity index is 637. The van der Waals surface area contributed by atoms with Gasteiger partial charge in [0, 0.05) is 11.6 Å². The van der Waals surface area contributed by atoms with Crippen LogP contribution in [0.3, 0.4) is 0 Å². The average Bonchev–Trinajstić information content (AvgIpc) is 2.47. The van der Waals surface area contributed by atoms with Gasteiger partial charge in [0.2, 0.25) is 10.0 Å². The van der Waals surface area contributed by atoms with Gasteiger partial charge in [-0.05, 0) is 19.9 Å². The SMILES string of the molecule is CC[NH+]1CCN(S(=O)(=O)c2ccc(C)c([N+](=O)[O-])c2)CC1. The topological polar surface area (TPSA) is 85.0 Å². The molecule has 0 aromatic heterocycles. The third-order valence-electron chi connectivity index (χ3n) is 3.94. The number of nitrogens with one attached hydrogen (secondary N) is 1. The number of nitro benzene ring substituents is 1. The molecule has 0 unspecified atom stereocenters. The average molecular weight is 314 g/mol. The number of rotatable bonds is 4. The summed E-state index contributed by atoms with van der Waals surface area (Å²) in [4.78, 5) is 11.8. The summed E-state index contributed by atoms with van der Waals surface area (Å²) in [5.41, 5.74) is 0.299. The zero-order valence-corrected chi connectivity index (χ0v) is 13.0. The fourth-order valence-corrected chi connectivity index (χ4v) is 3.95. The first-order chi connectivity index (χ1) is 9.86. The minimum absolute atomic E-state index is 0.000233. The number of quaternary nitrogens is 1. The van der Waals surface area contributed by atoms with Crippen molar-refractivity contribution in [3.63, 3.8) is 0 Å². The molecule has 0 saturated carbocycles. The Labute approximate surface area is 124 Å². The second-order valence-corrected chi connectivity index (χ2v) is 7.15. The maximum atomic E-state index is 12.6. The highest BCUT2D eigenvalue weighted by Gasteiger charge is 2.31. The van der Waals surface area contributed by atoms with Gasteiger partial charge in [0.1, 0.15) is 0 Å². The first-order valence-electron chi connectivity index (χ1n) is 6.95. The lowest BCUT2D eigenvalue weighted by Gasteiger charge is -2.30. The van der Waals surface area contributed by atoms with E-state index in [1.807, 2.05) is 0 Å². The molecule has 7 nitrogen and oxygen atoms in total. The third kappa shape index (κ3) is 3.22. The maximum Gasteiger partial charge on any atom is 0.273 e. The van der Waals surface area contributed by atoms with Gasteiger partial charge in [-0.15, -0.1) is 0 Å². The van der Waals surface area contributed by atoms with Crippen LogP contribution < -0.4 is 4.90 Å². The standard InChI is InChI=1S/C13H19N3O4S/c1-3-14-6-8-15(9-7-14)21(19,20)12-5-4-11(2)13(10-12)16(17)18/h4-5,10H,3,6-9H2,1-2H3/p+1. The number of aryl methyl sites for hydroxylation is 1. The number of piperazine rings is 1. The molecule has 8 heteroatoms. The number of nitro groups is 1. The van der Waals surface area contributed by atoms with Crippen molar-refractivity contribution in [3.05, 3.63) is 33.9 Å². The molecule has 1 saturated heterocycles. The van der Waals surface area contributed by atoms with Gasteiger partial charge in [0.05, 0.1) is 42.5 Å². The molecule has 1 aliphatic heterocycles. The Morgan fingerprint density at radius 3 is 2.48 bits per heavy atom. The zero-order valence-electron chi connectivity index (χ0n) is 12.2. The fourth-order valence-electron chi connectivity index (χ4n) is 2.49. The lowest BCUT2D eigenvalue weighted by atomic mass is 10.2. The summed E-state index contributed by atoms with van der Waals surface area (Å²) in [6, 6.07) is 4.08. The van der Waals surface area contributed by atoms with Crippen molar-refractivity contribution in [1.29, 1.82) is 0 Å². The van der Waals surface area contributed by atoms with E-state index in [1.54, 1.807) is 6.92 Å². The lowest BCUT2D eigenvalue weighted by Crippen LogP contribution is -3.14. The molecule has 0 atom stereocenters. The summed E-state index contributed by atoms with van der Waals surface area (Å²) in [6.45, 7) is 7.08. The molecule has 1 N–H and O–H groups in total. The van der Waals surface area contributed by atoms with Crippen LogP contribution in [0.2, 0.25) is 0 Å². The van der Waals surface area contributed by atoms with Crippen LogP contribution in [0.4, 0.5) is 5.69 Å². The summed E-state index contributed by atoms with van der Waals surface area (Å²) in [5.74, 6) is 0. The Morgan fingerprint density at radius 1 is 1.33 bits per heavy atom. The van der Waals surface area contributed by atoms with Crippen LogP contribution in [0.5, 0.6) is 0 Å². The predicted octanol–water partition coefficient (Wildman–Crippen LogP) is -0.188. The molecular formula is C13H20N3O4S+. The van der Waals surface area contributed by atoms with E-state index in [0.29, 0.717) is 18.7 Å². The number of likely N-dealkylation sites (N-methyl/N-ethyl adjacent to an activating group) is 1. The molecule has 0 aliphatic carbocycles. The summed E-state index contributed by atoms with van der Waals surface area (Å²) in [5, 5.41) is 11.0. The highest BCUT2D eigenvalue weighted by Crippen LogP contribution is 2.24. The van der Waals surface area contributed by atoms with Gasteiger partial charge in [-0.3, -0.25) is 10.1 Å². The van der Waals surface area contributed by atoms with Crippen LogP contribution in [0.25, 0.3) is 0 Å². The number of hydrogen-bond donors (Lipinski definition) is 1. The minimum atomic E-state index is -3.65. The smallest absolute Gasteiger partial charge is 0.273 e. The van der Waals surface area contributed by atoms with E-state index < -0.39 is 14.9 Å². The van der Waals surface area contributed by atoms with Crippen LogP contribution in [-0.2, 0) is 10.0 Å². The third-order valence-corrected chi connectivity index (χ3v) is 5.84. The van der Waals surface area contributed by atoms with E-state index in [0.717, 1.165) is 25.7 Å². The van der Waals surface area contributed by atoms with Gasteiger partial charge in [-0.2, -0.15) is 4.31 Å². The van der Waals surface area contributed by atoms with Gasteiger partial charge in [0.25, 0.3) is 5.69 Å². The Morgan fingerprint density at radius 2 is 1.95 bits per heavy atom. The van der Waals surface area contributed by atoms with Crippen molar-refractivity contribution in [2.75, 3.05) is 32.7 Å². The monoisotopic (exact) mass is 314 g/mol. The van der Waals surface area contributed by atoms with E-state index in [-0.39, 0.29) is 10.6 Å². The molecule has 1 aliphatic rings. The molecule has 1 heterocycles. The number of benzene rings is 1. The summed E-state index contributed by atoms with van der Waals surface area (Å²) in [6.07, 6.45) is 0. The van der Waals surface area contributed by atoms with E-state index in [1.165, 1.54) is 21.3 Å². The first kappa shape index (κ1) is 15.9. The van der Waals surface area contributed by atoms with Gasteiger partial charge in [-0.1, -0.05) is 6.07 Å². The molecule has 1 aromatic carbocycles. The minimum Gasteiger partial charge on any atom is -0.333 e. The summed E-state index contributed by atoms with van der Waals surface area (Å²) < 4.78 is 26.5. The van der Waals surface area contributed by atoms with Crippen LogP contribution in [-0.4, -0.2) is 50.4 Å². The first-order valence-corrected chi connectivity index (χ1v) is 8.39. The highest BCUT2D eigenvalue weighted by atomic mass is 32.2. The second kappa shape index (κ2) is 6.08. The van der Waals surface area contributed by atoms with Crippen molar-refractivity contribution in [3.8, 4) is 0 Å². The van der Waals surface area contributed by atoms with Crippen LogP contribution >= 0.6 is 0 Å². The fraction of sp³-hybridized carbons (Fsp3) is 0.538. The van der Waals surface area contributed by atoms with Crippen LogP contribution in [0, 0.1) is 17.0 Å². The summed E-state index contributed by atoms with van der Waals surface area (Å²) >= 11 is 0. The van der Waals surface area contributed by atoms with Gasteiger partial charge in [-0.25, -0.2) is 8.42 Å². The molecular weight excluding hydrogens is 294 g/mol. The normalized spacial score (nSPS) is 17.8. The van der Waals surface area contributed by atoms with Crippen molar-refractivity contribution in [2.45, 2.75) is 18.7 Å². The van der Waals surface area contributed by atoms with Gasteiger partial charge >= 0.3 is 0 Å². The van der Waals surface area contributed by atoms with Crippen molar-refractivity contribution >= 4 is 15.7 Å². The largest absolute Gasteiger partial charge is 0.333 e. The molecule has 0 bridgehead atoms. The predicted molar refractivity (Wildman–Crippen MR) is 77.8 cm³/mol. The molecule has 0 spiro atoms. The highest BCUT2D eigenvalue weighted by molar-refractivity contribution is 7.89. The van der Waals surface area contributed by atoms with Crippen molar-refractivity contribution < 1.29 is 18.2 Å². The Kier molecular flexibility index (Phi) is 4.60. The lowest BCUT2D eigenvalue weighted by molar-refractivity contribution is -0.901. The van der Waals surface area contributed by atoms with Gasteiger partial charge < -0.3 is 4.90 Å². The second-order valence-electron chi connectivity index (χ2n) is 5.21. The van der Waals surface area contributed by atoms with E-state index in [4.69, 9.17) is 0 Å². The molecule has 0 amide bonds. The Balaban J connectivity index is 2.28. The van der Waals surface area contributed by atoms with Gasteiger partial charge in [0.15, 0.2) is 0 Å². The number of nitrogens with zero attached hydrogens (tertiary/aromatic N) is 2. The van der Waals surface area contributed by atoms with Crippen LogP contribution in [0.1, 0.15) is 12.5 Å². The quantitative estimate of drug-likeness (QED) is 0.617. The van der Waals surface area contributed by atoms with Crippen molar-refractivity contribution in [2.24, 2.45) is 0 Å². The molecule has 2 rings (SSSR count). The van der Waals surface area contributed by atoms with E-state index >= 15 is 0 Å². The molecule has 1 aromatic rings. The number of hydrogen-bond acceptors (Lipinski definition) is 4.